The second-order valence-corrected chi connectivity index (χ2v) is 8.94. The first kappa shape index (κ1) is 25.7. The maximum Gasteiger partial charge on any atom is 0.243 e. The van der Waals surface area contributed by atoms with Gasteiger partial charge in [-0.2, -0.15) is 0 Å². The van der Waals surface area contributed by atoms with E-state index in [-0.39, 0.29) is 18.2 Å². The summed E-state index contributed by atoms with van der Waals surface area (Å²) in [7, 11) is 1.62. The fourth-order valence-electron chi connectivity index (χ4n) is 4.26. The van der Waals surface area contributed by atoms with E-state index in [1.807, 2.05) is 115 Å². The molecule has 0 fully saturated rings. The lowest BCUT2D eigenvalue weighted by Gasteiger charge is -2.32. The predicted octanol–water partition coefficient (Wildman–Crippen LogP) is 5.19. The van der Waals surface area contributed by atoms with Gasteiger partial charge in [0.15, 0.2) is 0 Å². The highest BCUT2D eigenvalue weighted by atomic mass is 16.5. The molecule has 0 unspecified atom stereocenters. The van der Waals surface area contributed by atoms with Gasteiger partial charge < -0.3 is 15.0 Å². The number of amides is 2. The number of nitrogens with one attached hydrogen (secondary N) is 1. The Kier molecular flexibility index (Phi) is 9.08. The van der Waals surface area contributed by atoms with Crippen molar-refractivity contribution in [2.24, 2.45) is 0 Å². The molecule has 0 aromatic heterocycles. The highest BCUT2D eigenvalue weighted by molar-refractivity contribution is 5.88. The van der Waals surface area contributed by atoms with Crippen LogP contribution < -0.4 is 10.1 Å². The standard InChI is InChI=1S/C32H32N2O3/c1-37-29-19-17-28(18-20-29)24-34(31(35)22-26-13-7-3-8-14-26)30(21-25-11-5-2-6-12-25)32(36)33-23-27-15-9-4-10-16-27/h2-20,30H,21-24H2,1H3,(H,33,36)/t30-/m0/s1. The van der Waals surface area contributed by atoms with Gasteiger partial charge in [-0.05, 0) is 34.4 Å². The zero-order valence-corrected chi connectivity index (χ0v) is 21.0. The van der Waals surface area contributed by atoms with Gasteiger partial charge in [0.1, 0.15) is 11.8 Å². The van der Waals surface area contributed by atoms with Gasteiger partial charge in [-0.25, -0.2) is 0 Å². The second-order valence-electron chi connectivity index (χ2n) is 8.94. The van der Waals surface area contributed by atoms with Crippen LogP contribution in [0.25, 0.3) is 0 Å². The molecular formula is C32H32N2O3. The highest BCUT2D eigenvalue weighted by Crippen LogP contribution is 2.19. The molecule has 0 saturated heterocycles. The molecule has 5 heteroatoms. The number of rotatable bonds is 11. The lowest BCUT2D eigenvalue weighted by atomic mass is 10.0. The van der Waals surface area contributed by atoms with E-state index in [4.69, 9.17) is 4.74 Å². The van der Waals surface area contributed by atoms with E-state index in [1.165, 1.54) is 0 Å². The molecule has 0 aliphatic rings. The minimum Gasteiger partial charge on any atom is -0.497 e. The predicted molar refractivity (Wildman–Crippen MR) is 146 cm³/mol. The summed E-state index contributed by atoms with van der Waals surface area (Å²) in [6.07, 6.45) is 0.631. The van der Waals surface area contributed by atoms with E-state index in [2.05, 4.69) is 5.32 Å². The van der Waals surface area contributed by atoms with Crippen molar-refractivity contribution < 1.29 is 14.3 Å². The number of hydrogen-bond donors (Lipinski definition) is 1. The maximum absolute atomic E-state index is 13.8. The molecule has 0 bridgehead atoms. The summed E-state index contributed by atoms with van der Waals surface area (Å²) in [6, 6.07) is 36.2. The smallest absolute Gasteiger partial charge is 0.243 e. The Morgan fingerprint density at radius 1 is 0.703 bits per heavy atom. The van der Waals surface area contributed by atoms with E-state index in [0.717, 1.165) is 28.0 Å². The Morgan fingerprint density at radius 3 is 1.81 bits per heavy atom. The summed E-state index contributed by atoms with van der Waals surface area (Å²) in [5.41, 5.74) is 3.84. The molecule has 0 aliphatic heterocycles. The van der Waals surface area contributed by atoms with E-state index in [1.54, 1.807) is 12.0 Å². The van der Waals surface area contributed by atoms with E-state index < -0.39 is 6.04 Å². The summed E-state index contributed by atoms with van der Waals surface area (Å²) in [6.45, 7) is 0.708. The molecule has 4 aromatic rings. The molecule has 4 aromatic carbocycles. The summed E-state index contributed by atoms with van der Waals surface area (Å²) < 4.78 is 5.29. The molecule has 37 heavy (non-hydrogen) atoms. The normalized spacial score (nSPS) is 11.4. The maximum atomic E-state index is 13.8. The number of carbonyl (C=O) groups excluding carboxylic acids is 2. The second kappa shape index (κ2) is 13.1. The Morgan fingerprint density at radius 2 is 1.24 bits per heavy atom. The van der Waals surface area contributed by atoms with Gasteiger partial charge in [0.05, 0.1) is 13.5 Å². The number of nitrogens with zero attached hydrogens (tertiary/aromatic N) is 1. The lowest BCUT2D eigenvalue weighted by Crippen LogP contribution is -2.50. The average Bonchev–Trinajstić information content (AvgIpc) is 2.95. The minimum absolute atomic E-state index is 0.0992. The van der Waals surface area contributed by atoms with Crippen molar-refractivity contribution in [2.75, 3.05) is 7.11 Å². The van der Waals surface area contributed by atoms with Gasteiger partial charge in [-0.15, -0.1) is 0 Å². The molecule has 4 rings (SSSR count). The molecule has 0 heterocycles. The average molecular weight is 493 g/mol. The highest BCUT2D eigenvalue weighted by Gasteiger charge is 2.30. The van der Waals surface area contributed by atoms with Crippen molar-refractivity contribution >= 4 is 11.8 Å². The molecule has 5 nitrogen and oxygen atoms in total. The first-order valence-electron chi connectivity index (χ1n) is 12.4. The molecule has 0 saturated carbocycles. The van der Waals surface area contributed by atoms with Crippen LogP contribution in [0, 0.1) is 0 Å². The van der Waals surface area contributed by atoms with Crippen LogP contribution in [0.4, 0.5) is 0 Å². The van der Waals surface area contributed by atoms with Crippen LogP contribution in [0.15, 0.2) is 115 Å². The molecule has 2 amide bonds. The quantitative estimate of drug-likeness (QED) is 0.313. The summed E-state index contributed by atoms with van der Waals surface area (Å²) in [5.74, 6) is 0.466. The van der Waals surface area contributed by atoms with Crippen LogP contribution in [0.5, 0.6) is 5.75 Å². The van der Waals surface area contributed by atoms with Gasteiger partial charge >= 0.3 is 0 Å². The van der Waals surface area contributed by atoms with Crippen molar-refractivity contribution in [3.05, 3.63) is 138 Å². The van der Waals surface area contributed by atoms with E-state index in [9.17, 15) is 9.59 Å². The number of carbonyl (C=O) groups is 2. The molecule has 0 radical (unpaired) electrons. The van der Waals surface area contributed by atoms with Crippen molar-refractivity contribution in [1.82, 2.24) is 10.2 Å². The van der Waals surface area contributed by atoms with Crippen LogP contribution in [-0.2, 0) is 35.5 Å². The van der Waals surface area contributed by atoms with Crippen LogP contribution in [0.3, 0.4) is 0 Å². The first-order chi connectivity index (χ1) is 18.1. The number of methoxy groups -OCH3 is 1. The van der Waals surface area contributed by atoms with Gasteiger partial charge in [-0.3, -0.25) is 9.59 Å². The SMILES string of the molecule is COc1ccc(CN(C(=O)Cc2ccccc2)[C@@H](Cc2ccccc2)C(=O)NCc2ccccc2)cc1. The molecule has 0 spiro atoms. The fraction of sp³-hybridized carbons (Fsp3) is 0.188. The molecule has 1 N–H and O–H groups in total. The third kappa shape index (κ3) is 7.55. The van der Waals surface area contributed by atoms with E-state index >= 15 is 0 Å². The minimum atomic E-state index is -0.676. The van der Waals surface area contributed by atoms with E-state index in [0.29, 0.717) is 19.5 Å². The zero-order chi connectivity index (χ0) is 25.9. The fourth-order valence-corrected chi connectivity index (χ4v) is 4.26. The van der Waals surface area contributed by atoms with Crippen molar-refractivity contribution in [3.63, 3.8) is 0 Å². The number of ether oxygens (including phenoxy) is 1. The van der Waals surface area contributed by atoms with Crippen LogP contribution in [0.1, 0.15) is 22.3 Å². The van der Waals surface area contributed by atoms with Gasteiger partial charge in [0, 0.05) is 19.5 Å². The monoisotopic (exact) mass is 492 g/mol. The Bertz CT molecular complexity index is 1260. The number of benzene rings is 4. The van der Waals surface area contributed by atoms with Gasteiger partial charge in [0.2, 0.25) is 11.8 Å². The topological polar surface area (TPSA) is 58.6 Å². The lowest BCUT2D eigenvalue weighted by molar-refractivity contribution is -0.140. The Balaban J connectivity index is 1.64. The zero-order valence-electron chi connectivity index (χ0n) is 21.0. The molecule has 188 valence electrons. The summed E-state index contributed by atoms with van der Waals surface area (Å²) >= 11 is 0. The first-order valence-corrected chi connectivity index (χ1v) is 12.4. The molecule has 0 aliphatic carbocycles. The number of hydrogen-bond acceptors (Lipinski definition) is 3. The Labute approximate surface area is 218 Å². The van der Waals surface area contributed by atoms with Crippen LogP contribution >= 0.6 is 0 Å². The summed E-state index contributed by atoms with van der Waals surface area (Å²) in [4.78, 5) is 29.2. The van der Waals surface area contributed by atoms with Crippen molar-refractivity contribution in [2.45, 2.75) is 32.0 Å². The third-order valence-electron chi connectivity index (χ3n) is 6.29. The summed E-state index contributed by atoms with van der Waals surface area (Å²) in [5, 5.41) is 3.07. The third-order valence-corrected chi connectivity index (χ3v) is 6.29. The van der Waals surface area contributed by atoms with Crippen LogP contribution in [-0.4, -0.2) is 29.9 Å². The van der Waals surface area contributed by atoms with Crippen molar-refractivity contribution in [1.29, 1.82) is 0 Å². The molecular weight excluding hydrogens is 460 g/mol. The Hall–Kier alpha value is -4.38. The van der Waals surface area contributed by atoms with Crippen LogP contribution in [0.2, 0.25) is 0 Å². The largest absolute Gasteiger partial charge is 0.497 e. The molecule has 1 atom stereocenters. The van der Waals surface area contributed by atoms with Crippen molar-refractivity contribution in [3.8, 4) is 5.75 Å². The van der Waals surface area contributed by atoms with Gasteiger partial charge in [-0.1, -0.05) is 103 Å². The van der Waals surface area contributed by atoms with Gasteiger partial charge in [0.25, 0.3) is 0 Å².